The molecular formula is C12H15F3N2O. The summed E-state index contributed by atoms with van der Waals surface area (Å²) in [5.41, 5.74) is -0.228. The molecule has 2 rings (SSSR count). The predicted octanol–water partition coefficient (Wildman–Crippen LogP) is 3.15. The smallest absolute Gasteiger partial charge is 0.300 e. The molecule has 1 aromatic heterocycles. The van der Waals surface area contributed by atoms with Gasteiger partial charge in [0.05, 0.1) is 5.69 Å². The lowest BCUT2D eigenvalue weighted by atomic mass is 9.86. The molecule has 1 aliphatic rings. The van der Waals surface area contributed by atoms with Crippen molar-refractivity contribution in [2.45, 2.75) is 51.2 Å². The summed E-state index contributed by atoms with van der Waals surface area (Å²) in [7, 11) is 0. The Bertz CT molecular complexity index is 441. The van der Waals surface area contributed by atoms with E-state index in [-0.39, 0.29) is 18.2 Å². The maximum absolute atomic E-state index is 12.8. The number of carbonyl (C=O) groups is 1. The van der Waals surface area contributed by atoms with Crippen LogP contribution in [0.4, 0.5) is 13.2 Å². The zero-order valence-electron chi connectivity index (χ0n) is 10.1. The highest BCUT2D eigenvalue weighted by atomic mass is 19.4. The molecule has 0 bridgehead atoms. The quantitative estimate of drug-likeness (QED) is 0.818. The highest BCUT2D eigenvalue weighted by Gasteiger charge is 2.36. The summed E-state index contributed by atoms with van der Waals surface area (Å²) in [6.45, 7) is 1.83. The van der Waals surface area contributed by atoms with Crippen molar-refractivity contribution < 1.29 is 18.0 Å². The van der Waals surface area contributed by atoms with Crippen molar-refractivity contribution in [3.8, 4) is 0 Å². The van der Waals surface area contributed by atoms with Crippen molar-refractivity contribution in [3.05, 3.63) is 17.5 Å². The summed E-state index contributed by atoms with van der Waals surface area (Å²) >= 11 is 0. The SMILES string of the molecule is CCn1nc(C2CCC(=O)CC2)cc1C(F)(F)F. The van der Waals surface area contributed by atoms with Gasteiger partial charge in [0, 0.05) is 25.3 Å². The molecule has 6 heteroatoms. The Morgan fingerprint density at radius 2 is 2.00 bits per heavy atom. The number of alkyl halides is 3. The second-order valence-corrected chi connectivity index (χ2v) is 4.58. The van der Waals surface area contributed by atoms with Gasteiger partial charge in [0.25, 0.3) is 0 Å². The van der Waals surface area contributed by atoms with Gasteiger partial charge in [-0.05, 0) is 25.8 Å². The molecule has 1 heterocycles. The second-order valence-electron chi connectivity index (χ2n) is 4.58. The summed E-state index contributed by atoms with van der Waals surface area (Å²) in [5, 5.41) is 4.03. The summed E-state index contributed by atoms with van der Waals surface area (Å²) in [5.74, 6) is 0.175. The number of Topliss-reactive ketones (excluding diaryl/α,β-unsaturated/α-hetero) is 1. The first kappa shape index (κ1) is 13.1. The first-order chi connectivity index (χ1) is 8.41. The van der Waals surface area contributed by atoms with E-state index in [4.69, 9.17) is 0 Å². The number of halogens is 3. The third kappa shape index (κ3) is 2.57. The normalized spacial score (nSPS) is 18.3. The minimum Gasteiger partial charge on any atom is -0.300 e. The van der Waals surface area contributed by atoms with Crippen LogP contribution in [0.25, 0.3) is 0 Å². The molecule has 0 amide bonds. The summed E-state index contributed by atoms with van der Waals surface area (Å²) in [4.78, 5) is 11.1. The Kier molecular flexibility index (Phi) is 3.45. The molecule has 0 spiro atoms. The van der Waals surface area contributed by atoms with Crippen molar-refractivity contribution in [3.63, 3.8) is 0 Å². The predicted molar refractivity (Wildman–Crippen MR) is 59.1 cm³/mol. The topological polar surface area (TPSA) is 34.9 Å². The van der Waals surface area contributed by atoms with Gasteiger partial charge in [-0.25, -0.2) is 0 Å². The first-order valence-electron chi connectivity index (χ1n) is 6.08. The summed E-state index contributed by atoms with van der Waals surface area (Å²) in [6, 6.07) is 1.13. The number of nitrogens with zero attached hydrogens (tertiary/aromatic N) is 2. The molecule has 0 saturated heterocycles. The number of carbonyl (C=O) groups excluding carboxylic acids is 1. The summed E-state index contributed by atoms with van der Waals surface area (Å²) < 4.78 is 39.3. The molecule has 0 atom stereocenters. The average molecular weight is 260 g/mol. The molecule has 0 unspecified atom stereocenters. The average Bonchev–Trinajstić information content (AvgIpc) is 2.73. The largest absolute Gasteiger partial charge is 0.433 e. The third-order valence-corrected chi connectivity index (χ3v) is 3.35. The van der Waals surface area contributed by atoms with Crippen molar-refractivity contribution >= 4 is 5.78 Å². The van der Waals surface area contributed by atoms with Crippen LogP contribution in [0.5, 0.6) is 0 Å². The van der Waals surface area contributed by atoms with Crippen LogP contribution in [-0.2, 0) is 17.5 Å². The second kappa shape index (κ2) is 4.74. The van der Waals surface area contributed by atoms with Crippen LogP contribution < -0.4 is 0 Å². The van der Waals surface area contributed by atoms with Crippen LogP contribution in [0.3, 0.4) is 0 Å². The Morgan fingerprint density at radius 1 is 1.39 bits per heavy atom. The molecule has 0 radical (unpaired) electrons. The lowest BCUT2D eigenvalue weighted by Gasteiger charge is -2.18. The van der Waals surface area contributed by atoms with Crippen molar-refractivity contribution in [2.75, 3.05) is 0 Å². The Hall–Kier alpha value is -1.33. The molecule has 0 N–H and O–H groups in total. The molecule has 1 saturated carbocycles. The van der Waals surface area contributed by atoms with E-state index < -0.39 is 11.9 Å². The highest BCUT2D eigenvalue weighted by molar-refractivity contribution is 5.79. The van der Waals surface area contributed by atoms with E-state index in [0.717, 1.165) is 10.7 Å². The first-order valence-corrected chi connectivity index (χ1v) is 6.08. The van der Waals surface area contributed by atoms with Gasteiger partial charge in [-0.3, -0.25) is 9.48 Å². The zero-order chi connectivity index (χ0) is 13.3. The molecule has 18 heavy (non-hydrogen) atoms. The fourth-order valence-electron chi connectivity index (χ4n) is 2.34. The van der Waals surface area contributed by atoms with E-state index in [9.17, 15) is 18.0 Å². The Labute approximate surface area is 103 Å². The molecule has 0 aliphatic heterocycles. The monoisotopic (exact) mass is 260 g/mol. The minimum absolute atomic E-state index is 0.0170. The number of hydrogen-bond acceptors (Lipinski definition) is 2. The number of hydrogen-bond donors (Lipinski definition) is 0. The van der Waals surface area contributed by atoms with Crippen LogP contribution in [0.2, 0.25) is 0 Å². The van der Waals surface area contributed by atoms with Gasteiger partial charge in [0.1, 0.15) is 11.5 Å². The molecule has 1 aliphatic carbocycles. The summed E-state index contributed by atoms with van der Waals surface area (Å²) in [6.07, 6.45) is -2.25. The van der Waals surface area contributed by atoms with E-state index >= 15 is 0 Å². The van der Waals surface area contributed by atoms with Gasteiger partial charge >= 0.3 is 6.18 Å². The van der Waals surface area contributed by atoms with Crippen LogP contribution in [0.1, 0.15) is 49.9 Å². The van der Waals surface area contributed by atoms with Gasteiger partial charge in [-0.15, -0.1) is 0 Å². The lowest BCUT2D eigenvalue weighted by molar-refractivity contribution is -0.144. The van der Waals surface area contributed by atoms with E-state index in [1.54, 1.807) is 6.92 Å². The van der Waals surface area contributed by atoms with Crippen LogP contribution in [-0.4, -0.2) is 15.6 Å². The van der Waals surface area contributed by atoms with Crippen LogP contribution in [0, 0.1) is 0 Å². The Balaban J connectivity index is 2.24. The number of ketones is 1. The molecule has 100 valence electrons. The zero-order valence-corrected chi connectivity index (χ0v) is 10.1. The maximum Gasteiger partial charge on any atom is 0.433 e. The highest BCUT2D eigenvalue weighted by Crippen LogP contribution is 2.35. The lowest BCUT2D eigenvalue weighted by Crippen LogP contribution is -2.14. The maximum atomic E-state index is 12.8. The van der Waals surface area contributed by atoms with Gasteiger partial charge < -0.3 is 0 Å². The van der Waals surface area contributed by atoms with Crippen molar-refractivity contribution in [1.82, 2.24) is 9.78 Å². The van der Waals surface area contributed by atoms with Gasteiger partial charge in [0.15, 0.2) is 0 Å². The standard InChI is InChI=1S/C12H15F3N2O/c1-2-17-11(12(13,14)15)7-10(16-17)8-3-5-9(18)6-4-8/h7-8H,2-6H2,1H3. The van der Waals surface area contributed by atoms with Crippen molar-refractivity contribution in [1.29, 1.82) is 0 Å². The third-order valence-electron chi connectivity index (χ3n) is 3.35. The fraction of sp³-hybridized carbons (Fsp3) is 0.667. The molecular weight excluding hydrogens is 245 g/mol. The molecule has 1 fully saturated rings. The molecule has 3 nitrogen and oxygen atoms in total. The molecule has 0 aromatic carbocycles. The van der Waals surface area contributed by atoms with Gasteiger partial charge in [0.2, 0.25) is 0 Å². The van der Waals surface area contributed by atoms with Crippen molar-refractivity contribution in [2.24, 2.45) is 0 Å². The van der Waals surface area contributed by atoms with Crippen LogP contribution in [0.15, 0.2) is 6.07 Å². The molecule has 1 aromatic rings. The van der Waals surface area contributed by atoms with E-state index in [0.29, 0.717) is 31.4 Å². The van der Waals surface area contributed by atoms with Gasteiger partial charge in [-0.1, -0.05) is 0 Å². The van der Waals surface area contributed by atoms with Gasteiger partial charge in [-0.2, -0.15) is 18.3 Å². The van der Waals surface area contributed by atoms with E-state index in [1.165, 1.54) is 0 Å². The number of aromatic nitrogens is 2. The fourth-order valence-corrected chi connectivity index (χ4v) is 2.34. The number of aryl methyl sites for hydroxylation is 1. The van der Waals surface area contributed by atoms with E-state index in [1.807, 2.05) is 0 Å². The minimum atomic E-state index is -4.37. The Morgan fingerprint density at radius 3 is 2.44 bits per heavy atom. The van der Waals surface area contributed by atoms with E-state index in [2.05, 4.69) is 5.10 Å². The number of rotatable bonds is 2. The van der Waals surface area contributed by atoms with Crippen LogP contribution >= 0.6 is 0 Å².